The summed E-state index contributed by atoms with van der Waals surface area (Å²) in [6.07, 6.45) is 10.9. The van der Waals surface area contributed by atoms with Crippen LogP contribution in [0, 0.1) is 41.4 Å². The van der Waals surface area contributed by atoms with E-state index in [4.69, 9.17) is 14.2 Å². The summed E-state index contributed by atoms with van der Waals surface area (Å²) in [5.41, 5.74) is 0.524. The Balaban J connectivity index is 0.913. The van der Waals surface area contributed by atoms with Gasteiger partial charge in [0.1, 0.15) is 18.7 Å². The van der Waals surface area contributed by atoms with Crippen LogP contribution in [0.5, 0.6) is 0 Å². The molecule has 11 unspecified atom stereocenters. The van der Waals surface area contributed by atoms with Crippen LogP contribution in [-0.4, -0.2) is 169 Å². The van der Waals surface area contributed by atoms with Gasteiger partial charge < -0.3 is 45.3 Å². The van der Waals surface area contributed by atoms with Gasteiger partial charge in [-0.15, -0.1) is 24.4 Å². The lowest BCUT2D eigenvalue weighted by atomic mass is 9.65. The molecule has 2 aromatic rings. The number of benzene rings is 2. The second-order valence-corrected chi connectivity index (χ2v) is 29.5. The van der Waals surface area contributed by atoms with Gasteiger partial charge in [0.2, 0.25) is 29.5 Å². The monoisotopic (exact) mass is 1350 g/mol. The molecule has 2 bridgehead atoms. The molecule has 25 heteroatoms. The summed E-state index contributed by atoms with van der Waals surface area (Å²) in [5.74, 6) is -5.38. The summed E-state index contributed by atoms with van der Waals surface area (Å²) in [6, 6.07) is 7.41. The van der Waals surface area contributed by atoms with E-state index < -0.39 is 102 Å². The van der Waals surface area contributed by atoms with Crippen LogP contribution in [0.15, 0.2) is 64.4 Å². The number of ether oxygens (including phenoxy) is 3. The summed E-state index contributed by atoms with van der Waals surface area (Å²) < 4.78 is 17.1. The van der Waals surface area contributed by atoms with E-state index in [1.54, 1.807) is 66.1 Å². The molecular weight excluding hydrogens is 1250 g/mol. The fourth-order valence-corrected chi connectivity index (χ4v) is 16.2. The van der Waals surface area contributed by atoms with Gasteiger partial charge in [-0.3, -0.25) is 52.8 Å². The third kappa shape index (κ3) is 18.1. The van der Waals surface area contributed by atoms with Crippen molar-refractivity contribution in [3.8, 4) is 0 Å². The number of thiol groups is 1. The number of hydrogen-bond acceptors (Lipinski definition) is 16. The van der Waals surface area contributed by atoms with Crippen molar-refractivity contribution in [2.75, 3.05) is 63.1 Å². The van der Waals surface area contributed by atoms with E-state index in [2.05, 4.69) is 61.6 Å². The highest BCUT2D eigenvalue weighted by atomic mass is 32.2. The Morgan fingerprint density at radius 3 is 2.00 bits per heavy atom. The number of carbonyl (C=O) groups excluding carboxylic acids is 11. The van der Waals surface area contributed by atoms with Gasteiger partial charge in [-0.05, 0) is 116 Å². The molecule has 95 heavy (non-hydrogen) atoms. The number of likely N-dealkylation sites (tertiary alicyclic amines) is 1. The number of likely N-dealkylation sites (N-methyl/N-ethyl adjacent to an activating group) is 2. The standard InChI is InChI=1S/C70H99N9O14S2/c1-15-42(8)62(52(91-13)32-56(81)77-27-19-22-51(77)63(92-14)41(6)7)75(11)59(84)37-72-66(87)61(40(4)5)76(12)69(90)93-38-44-23-25-48(26-24-44)73-55(80)36-71-65(86)60(39(2)3)74-64(85)46-29-49(78-57(82)33-53(94)67(78)88)31-50(30-46)79-58(83)34-54(68(79)89)95-70(10)35-43(9)45-20-17-16-18-21-47(70)28-45/h23-26,29-31,33-34,39-43,45,47,51-52,60-63,94H,15-22,27-28,32,35-38H2,1-14H3,(H,71,86)(H,72,87)(H,73,80)(H,74,85). The molecule has 3 fully saturated rings. The summed E-state index contributed by atoms with van der Waals surface area (Å²) in [7, 11) is 6.28. The van der Waals surface area contributed by atoms with Gasteiger partial charge in [-0.25, -0.2) is 14.6 Å². The average Bonchev–Trinajstić information content (AvgIpc) is 1.77. The third-order valence-corrected chi connectivity index (χ3v) is 21.6. The Morgan fingerprint density at radius 1 is 0.758 bits per heavy atom. The highest BCUT2D eigenvalue weighted by Gasteiger charge is 2.48. The van der Waals surface area contributed by atoms with Crippen LogP contribution in [0.4, 0.5) is 21.9 Å². The SMILES string of the molecule is CCC(C)C(C(CC(=O)N1CCCC1C(OC)C(C)C)OC)N(C)C(=O)CNC(=O)C(C(C)C)N(C)C(=O)OCc1ccc(NC(=O)CNC(=O)C(NC(=O)c2cc(N3C(=O)C=C(S)C3=O)cc(N3C(=O)C=C(SC4(C)CC(C)C5CCCCCC4C5)C3=O)c2)C(C)C)cc1. The molecule has 3 heterocycles. The van der Waals surface area contributed by atoms with Crippen molar-refractivity contribution >= 4 is 107 Å². The molecule has 5 aliphatic rings. The largest absolute Gasteiger partial charge is 0.445 e. The Labute approximate surface area is 569 Å². The molecule has 2 aromatic carbocycles. The Hall–Kier alpha value is -7.09. The molecule has 0 spiro atoms. The average molecular weight is 1350 g/mol. The maximum absolute atomic E-state index is 14.4. The van der Waals surface area contributed by atoms with Gasteiger partial charge in [0.05, 0.1) is 65.0 Å². The zero-order valence-electron chi connectivity index (χ0n) is 57.6. The highest BCUT2D eigenvalue weighted by Crippen LogP contribution is 2.55. The number of methoxy groups -OCH3 is 2. The molecule has 7 rings (SSSR count). The lowest BCUT2D eigenvalue weighted by molar-refractivity contribution is -0.144. The predicted molar refractivity (Wildman–Crippen MR) is 367 cm³/mol. The molecule has 520 valence electrons. The first kappa shape index (κ1) is 75.3. The van der Waals surface area contributed by atoms with E-state index >= 15 is 0 Å². The molecule has 11 atom stereocenters. The van der Waals surface area contributed by atoms with Crippen LogP contribution in [0.3, 0.4) is 0 Å². The van der Waals surface area contributed by atoms with Crippen molar-refractivity contribution in [2.45, 2.75) is 188 Å². The van der Waals surface area contributed by atoms with Gasteiger partial charge in [-0.2, -0.15) is 0 Å². The normalized spacial score (nSPS) is 22.5. The number of nitrogens with zero attached hydrogens (tertiary/aromatic N) is 5. The second kappa shape index (κ2) is 33.2. The van der Waals surface area contributed by atoms with Crippen LogP contribution in [0.2, 0.25) is 0 Å². The number of thioether (sulfide) groups is 1. The number of anilines is 3. The molecular formula is C70H99N9O14S2. The summed E-state index contributed by atoms with van der Waals surface area (Å²) in [5, 5.41) is 10.7. The van der Waals surface area contributed by atoms with E-state index in [0.717, 1.165) is 60.8 Å². The smallest absolute Gasteiger partial charge is 0.410 e. The van der Waals surface area contributed by atoms with E-state index in [-0.39, 0.29) is 81.0 Å². The van der Waals surface area contributed by atoms with Gasteiger partial charge >= 0.3 is 6.09 Å². The first-order chi connectivity index (χ1) is 44.9. The number of nitrogens with one attached hydrogen (secondary N) is 4. The van der Waals surface area contributed by atoms with Crippen LogP contribution in [-0.2, 0) is 64.0 Å². The first-order valence-electron chi connectivity index (χ1n) is 33.4. The number of rotatable bonds is 28. The van der Waals surface area contributed by atoms with Crippen molar-refractivity contribution in [3.63, 3.8) is 0 Å². The molecule has 2 aliphatic carbocycles. The van der Waals surface area contributed by atoms with E-state index in [9.17, 15) is 52.7 Å². The zero-order chi connectivity index (χ0) is 69.9. The molecule has 0 radical (unpaired) electrons. The molecule has 23 nitrogen and oxygen atoms in total. The van der Waals surface area contributed by atoms with Crippen LogP contribution >= 0.6 is 24.4 Å². The molecule has 2 saturated carbocycles. The van der Waals surface area contributed by atoms with E-state index in [1.165, 1.54) is 72.8 Å². The maximum Gasteiger partial charge on any atom is 0.410 e. The summed E-state index contributed by atoms with van der Waals surface area (Å²) in [6.45, 7) is 19.0. The van der Waals surface area contributed by atoms with Crippen LogP contribution in [0.25, 0.3) is 0 Å². The minimum absolute atomic E-state index is 0.0570. The molecule has 3 aliphatic heterocycles. The minimum atomic E-state index is -1.22. The fourth-order valence-electron chi connectivity index (χ4n) is 14.4. The Bertz CT molecular complexity index is 3270. The van der Waals surface area contributed by atoms with Crippen LogP contribution in [0.1, 0.15) is 156 Å². The number of imide groups is 2. The van der Waals surface area contributed by atoms with Crippen molar-refractivity contribution in [2.24, 2.45) is 41.4 Å². The van der Waals surface area contributed by atoms with Crippen molar-refractivity contribution in [3.05, 3.63) is 75.6 Å². The Kier molecular flexibility index (Phi) is 26.3. The summed E-state index contributed by atoms with van der Waals surface area (Å²) >= 11 is 5.57. The molecule has 0 aromatic heterocycles. The minimum Gasteiger partial charge on any atom is -0.445 e. The number of fused-ring (bicyclic) bond motifs is 2. The van der Waals surface area contributed by atoms with Gasteiger partial charge in [0.25, 0.3) is 29.5 Å². The van der Waals surface area contributed by atoms with Gasteiger partial charge in [-0.1, -0.05) is 107 Å². The predicted octanol–water partition coefficient (Wildman–Crippen LogP) is 8.41. The number of amides is 11. The van der Waals surface area contributed by atoms with Crippen LogP contribution < -0.4 is 31.1 Å². The van der Waals surface area contributed by atoms with Gasteiger partial charge in [0.15, 0.2) is 0 Å². The van der Waals surface area contributed by atoms with Crippen molar-refractivity contribution in [1.82, 2.24) is 30.7 Å². The van der Waals surface area contributed by atoms with E-state index in [1.807, 2.05) is 18.7 Å². The lowest BCUT2D eigenvalue weighted by Gasteiger charge is -2.48. The molecule has 1 saturated heterocycles. The van der Waals surface area contributed by atoms with Crippen molar-refractivity contribution in [1.29, 1.82) is 0 Å². The number of hydrogen-bond donors (Lipinski definition) is 5. The first-order valence-corrected chi connectivity index (χ1v) is 34.7. The maximum atomic E-state index is 14.4. The van der Waals surface area contributed by atoms with E-state index in [0.29, 0.717) is 42.0 Å². The fraction of sp³-hybridized carbons (Fsp3) is 0.614. The van der Waals surface area contributed by atoms with Crippen molar-refractivity contribution < 1.29 is 67.0 Å². The number of carbonyl (C=O) groups is 11. The summed E-state index contributed by atoms with van der Waals surface area (Å²) in [4.78, 5) is 158. The lowest BCUT2D eigenvalue weighted by Crippen LogP contribution is -2.55. The van der Waals surface area contributed by atoms with Gasteiger partial charge in [0, 0.05) is 63.0 Å². The second-order valence-electron chi connectivity index (χ2n) is 27.5. The Morgan fingerprint density at radius 2 is 1.40 bits per heavy atom. The topological polar surface area (TPSA) is 280 Å². The quantitative estimate of drug-likeness (QED) is 0.0395. The molecule has 11 amide bonds. The molecule has 4 N–H and O–H groups in total. The third-order valence-electron chi connectivity index (χ3n) is 19.8. The zero-order valence-corrected chi connectivity index (χ0v) is 59.3. The highest BCUT2D eigenvalue weighted by molar-refractivity contribution is 8.05.